The monoisotopic (exact) mass is 198 g/mol. The topological polar surface area (TPSA) is 20.2 Å². The highest BCUT2D eigenvalue weighted by atomic mass is 79.9. The zero-order chi connectivity index (χ0) is 7.56. The molecule has 0 saturated heterocycles. The van der Waals surface area contributed by atoms with Gasteiger partial charge < -0.3 is 5.11 Å². The van der Waals surface area contributed by atoms with Crippen molar-refractivity contribution < 1.29 is 5.11 Å². The predicted octanol–water partition coefficient (Wildman–Crippen LogP) is 2.98. The van der Waals surface area contributed by atoms with Gasteiger partial charge >= 0.3 is 0 Å². The minimum absolute atomic E-state index is 0.0903. The van der Waals surface area contributed by atoms with Gasteiger partial charge in [-0.05, 0) is 6.07 Å². The molecule has 0 aromatic heterocycles. The second kappa shape index (κ2) is 2.88. The van der Waals surface area contributed by atoms with Crippen LogP contribution in [0.3, 0.4) is 0 Å². The summed E-state index contributed by atoms with van der Waals surface area (Å²) in [6.07, 6.45) is 0. The second-order valence-corrected chi connectivity index (χ2v) is 2.78. The Morgan fingerprint density at radius 2 is 2.00 bits per heavy atom. The highest BCUT2D eigenvalue weighted by Crippen LogP contribution is 2.20. The van der Waals surface area contributed by atoms with Gasteiger partial charge in [0.05, 0.1) is 0 Å². The highest BCUT2D eigenvalue weighted by molar-refractivity contribution is 9.10. The van der Waals surface area contributed by atoms with Gasteiger partial charge in [-0.25, -0.2) is 0 Å². The Bertz CT molecular complexity index is 255. The molecule has 0 radical (unpaired) electrons. The summed E-state index contributed by atoms with van der Waals surface area (Å²) in [4.78, 5) is 0. The van der Waals surface area contributed by atoms with E-state index in [1.54, 1.807) is 6.07 Å². The summed E-state index contributed by atoms with van der Waals surface area (Å²) in [5.74, 6) is 0.0903. The van der Waals surface area contributed by atoms with Crippen LogP contribution in [0, 0.1) is 0 Å². The van der Waals surface area contributed by atoms with Crippen LogP contribution in [0.15, 0.2) is 35.3 Å². The van der Waals surface area contributed by atoms with E-state index in [1.807, 2.05) is 18.2 Å². The van der Waals surface area contributed by atoms with Crippen LogP contribution in [-0.2, 0) is 0 Å². The molecule has 0 fully saturated rings. The van der Waals surface area contributed by atoms with Crippen molar-refractivity contribution >= 4 is 21.7 Å². The lowest BCUT2D eigenvalue weighted by Gasteiger charge is -1.99. The molecule has 2 heteroatoms. The van der Waals surface area contributed by atoms with E-state index in [4.69, 9.17) is 5.11 Å². The van der Waals surface area contributed by atoms with Gasteiger partial charge in [0, 0.05) is 10.0 Å². The standard InChI is InChI=1S/C8H7BrO/c1-6(10)7-4-2-3-5-8(7)9/h2-5,10H,1H2. The molecule has 1 rings (SSSR count). The quantitative estimate of drug-likeness (QED) is 0.689. The fraction of sp³-hybridized carbons (Fsp3) is 0. The Hall–Kier alpha value is -0.760. The van der Waals surface area contributed by atoms with Gasteiger partial charge in [0.15, 0.2) is 0 Å². The first-order chi connectivity index (χ1) is 4.72. The van der Waals surface area contributed by atoms with Crippen molar-refractivity contribution in [2.24, 2.45) is 0 Å². The van der Waals surface area contributed by atoms with Gasteiger partial charge in [0.2, 0.25) is 0 Å². The lowest BCUT2D eigenvalue weighted by Crippen LogP contribution is -1.80. The average Bonchev–Trinajstić information content (AvgIpc) is 1.88. The summed E-state index contributed by atoms with van der Waals surface area (Å²) >= 11 is 3.28. The minimum atomic E-state index is 0.0903. The van der Waals surface area contributed by atoms with Crippen LogP contribution < -0.4 is 0 Å². The van der Waals surface area contributed by atoms with Crippen LogP contribution in [-0.4, -0.2) is 5.11 Å². The summed E-state index contributed by atoms with van der Waals surface area (Å²) in [5.41, 5.74) is 0.738. The zero-order valence-electron chi connectivity index (χ0n) is 5.34. The van der Waals surface area contributed by atoms with Gasteiger partial charge in [-0.1, -0.05) is 40.7 Å². The molecule has 0 spiro atoms. The molecule has 0 aliphatic carbocycles. The summed E-state index contributed by atoms with van der Waals surface area (Å²) < 4.78 is 0.863. The van der Waals surface area contributed by atoms with E-state index in [2.05, 4.69) is 22.5 Å². The first-order valence-corrected chi connectivity index (χ1v) is 3.64. The predicted molar refractivity (Wildman–Crippen MR) is 45.8 cm³/mol. The number of benzene rings is 1. The molecule has 52 valence electrons. The Morgan fingerprint density at radius 3 is 2.40 bits per heavy atom. The summed E-state index contributed by atoms with van der Waals surface area (Å²) in [6, 6.07) is 7.39. The molecule has 10 heavy (non-hydrogen) atoms. The third kappa shape index (κ3) is 1.39. The van der Waals surface area contributed by atoms with Crippen LogP contribution in [0.2, 0.25) is 0 Å². The summed E-state index contributed by atoms with van der Waals surface area (Å²) in [6.45, 7) is 3.41. The molecule has 0 bridgehead atoms. The van der Waals surface area contributed by atoms with E-state index in [1.165, 1.54) is 0 Å². The fourth-order valence-corrected chi connectivity index (χ4v) is 1.21. The molecule has 0 amide bonds. The largest absolute Gasteiger partial charge is 0.508 e. The van der Waals surface area contributed by atoms with E-state index in [0.29, 0.717) is 0 Å². The fourth-order valence-electron chi connectivity index (χ4n) is 0.695. The molecule has 0 atom stereocenters. The molecule has 0 aliphatic rings. The Labute approximate surface area is 68.1 Å². The van der Waals surface area contributed by atoms with Crippen LogP contribution in [0.5, 0.6) is 0 Å². The molecular formula is C8H7BrO. The number of aliphatic hydroxyl groups excluding tert-OH is 1. The highest BCUT2D eigenvalue weighted by Gasteiger charge is 1.98. The van der Waals surface area contributed by atoms with Crippen molar-refractivity contribution in [2.75, 3.05) is 0 Å². The number of aliphatic hydroxyl groups is 1. The Morgan fingerprint density at radius 1 is 1.40 bits per heavy atom. The molecule has 0 aliphatic heterocycles. The van der Waals surface area contributed by atoms with Crippen molar-refractivity contribution in [1.29, 1.82) is 0 Å². The maximum absolute atomic E-state index is 8.98. The number of rotatable bonds is 1. The molecule has 1 N–H and O–H groups in total. The van der Waals surface area contributed by atoms with Crippen LogP contribution in [0.1, 0.15) is 5.56 Å². The van der Waals surface area contributed by atoms with E-state index in [-0.39, 0.29) is 5.76 Å². The normalized spacial score (nSPS) is 9.30. The van der Waals surface area contributed by atoms with E-state index in [9.17, 15) is 0 Å². The third-order valence-electron chi connectivity index (χ3n) is 1.18. The average molecular weight is 199 g/mol. The van der Waals surface area contributed by atoms with Crippen molar-refractivity contribution in [2.45, 2.75) is 0 Å². The van der Waals surface area contributed by atoms with Gasteiger partial charge in [0.1, 0.15) is 5.76 Å². The van der Waals surface area contributed by atoms with Gasteiger partial charge in [-0.15, -0.1) is 0 Å². The second-order valence-electron chi connectivity index (χ2n) is 1.93. The van der Waals surface area contributed by atoms with Crippen molar-refractivity contribution in [3.05, 3.63) is 40.9 Å². The molecular weight excluding hydrogens is 192 g/mol. The maximum atomic E-state index is 8.98. The van der Waals surface area contributed by atoms with Gasteiger partial charge in [-0.3, -0.25) is 0 Å². The van der Waals surface area contributed by atoms with Gasteiger partial charge in [0.25, 0.3) is 0 Å². The molecule has 0 saturated carbocycles. The van der Waals surface area contributed by atoms with Gasteiger partial charge in [-0.2, -0.15) is 0 Å². The molecule has 1 nitrogen and oxygen atoms in total. The van der Waals surface area contributed by atoms with Crippen molar-refractivity contribution in [3.63, 3.8) is 0 Å². The first kappa shape index (κ1) is 7.35. The minimum Gasteiger partial charge on any atom is -0.508 e. The molecule has 0 unspecified atom stereocenters. The van der Waals surface area contributed by atoms with E-state index >= 15 is 0 Å². The number of hydrogen-bond acceptors (Lipinski definition) is 1. The Kier molecular flexibility index (Phi) is 2.12. The van der Waals surface area contributed by atoms with E-state index < -0.39 is 0 Å². The smallest absolute Gasteiger partial charge is 0.116 e. The third-order valence-corrected chi connectivity index (χ3v) is 1.88. The zero-order valence-corrected chi connectivity index (χ0v) is 6.93. The van der Waals surface area contributed by atoms with Crippen LogP contribution >= 0.6 is 15.9 Å². The number of hydrogen-bond donors (Lipinski definition) is 1. The van der Waals surface area contributed by atoms with Crippen LogP contribution in [0.4, 0.5) is 0 Å². The Balaban J connectivity index is 3.15. The molecule has 1 aromatic rings. The van der Waals surface area contributed by atoms with Crippen molar-refractivity contribution in [3.8, 4) is 0 Å². The first-order valence-electron chi connectivity index (χ1n) is 2.84. The SMILES string of the molecule is C=C(O)c1ccccc1Br. The summed E-state index contributed by atoms with van der Waals surface area (Å²) in [7, 11) is 0. The van der Waals surface area contributed by atoms with E-state index in [0.717, 1.165) is 10.0 Å². The lowest BCUT2D eigenvalue weighted by atomic mass is 10.2. The van der Waals surface area contributed by atoms with Crippen LogP contribution in [0.25, 0.3) is 5.76 Å². The van der Waals surface area contributed by atoms with Crippen molar-refractivity contribution in [1.82, 2.24) is 0 Å². The molecule has 0 heterocycles. The summed E-state index contributed by atoms with van der Waals surface area (Å²) in [5, 5.41) is 8.98. The lowest BCUT2D eigenvalue weighted by molar-refractivity contribution is 0.513. The molecule has 1 aromatic carbocycles. The number of halogens is 1. The maximum Gasteiger partial charge on any atom is 0.116 e.